The summed E-state index contributed by atoms with van der Waals surface area (Å²) in [4.78, 5) is 19.2. The number of carbonyl (C=O) groups excluding carboxylic acids is 1. The van der Waals surface area contributed by atoms with Crippen molar-refractivity contribution in [2.24, 2.45) is 0 Å². The predicted molar refractivity (Wildman–Crippen MR) is 117 cm³/mol. The largest absolute Gasteiger partial charge is 0.497 e. The Morgan fingerprint density at radius 2 is 2.23 bits per heavy atom. The molecule has 0 bridgehead atoms. The number of furan rings is 1. The van der Waals surface area contributed by atoms with Gasteiger partial charge in [0.05, 0.1) is 30.3 Å². The zero-order chi connectivity index (χ0) is 20.9. The highest BCUT2D eigenvalue weighted by Crippen LogP contribution is 2.26. The minimum absolute atomic E-state index is 0.114. The van der Waals surface area contributed by atoms with Gasteiger partial charge in [-0.15, -0.1) is 0 Å². The van der Waals surface area contributed by atoms with Crippen LogP contribution in [-0.2, 0) is 0 Å². The number of fused-ring (bicyclic) bond motifs is 1. The van der Waals surface area contributed by atoms with E-state index in [2.05, 4.69) is 15.6 Å². The number of piperidine rings is 1. The van der Waals surface area contributed by atoms with Crippen LogP contribution in [0.1, 0.15) is 25.5 Å². The quantitative estimate of drug-likeness (QED) is 0.653. The van der Waals surface area contributed by atoms with Crippen molar-refractivity contribution in [1.29, 1.82) is 0 Å². The average Bonchev–Trinajstić information content (AvgIpc) is 3.32. The topological polar surface area (TPSA) is 79.6 Å². The first kappa shape index (κ1) is 19.8. The Morgan fingerprint density at radius 1 is 1.33 bits per heavy atom. The van der Waals surface area contributed by atoms with E-state index in [0.29, 0.717) is 6.54 Å². The molecule has 0 aliphatic carbocycles. The fourth-order valence-electron chi connectivity index (χ4n) is 3.78. The number of pyridine rings is 1. The molecule has 4 rings (SSSR count). The molecule has 30 heavy (non-hydrogen) atoms. The molecule has 3 heterocycles. The first-order valence-corrected chi connectivity index (χ1v) is 10.1. The molecule has 1 saturated heterocycles. The SMILES string of the molecule is C/C=C(/NC1CCCN(C(=O)Nc2ccnc3ccc(OC)cc23)C1)c1ccco1. The minimum atomic E-state index is -0.114. The van der Waals surface area contributed by atoms with Gasteiger partial charge in [0.15, 0.2) is 0 Å². The maximum Gasteiger partial charge on any atom is 0.321 e. The molecule has 3 aromatic rings. The van der Waals surface area contributed by atoms with Crippen molar-refractivity contribution in [2.75, 3.05) is 25.5 Å². The number of hydrogen-bond donors (Lipinski definition) is 2. The maximum atomic E-state index is 13.0. The van der Waals surface area contributed by atoms with E-state index in [1.165, 1.54) is 0 Å². The molecular weight excluding hydrogens is 380 g/mol. The van der Waals surface area contributed by atoms with E-state index in [9.17, 15) is 4.79 Å². The summed E-state index contributed by atoms with van der Waals surface area (Å²) in [7, 11) is 1.62. The Balaban J connectivity index is 1.45. The van der Waals surface area contributed by atoms with Gasteiger partial charge in [0.1, 0.15) is 11.5 Å². The lowest BCUT2D eigenvalue weighted by atomic mass is 10.1. The van der Waals surface area contributed by atoms with Crippen molar-refractivity contribution in [2.45, 2.75) is 25.8 Å². The summed E-state index contributed by atoms with van der Waals surface area (Å²) in [6.45, 7) is 3.32. The van der Waals surface area contributed by atoms with Crippen LogP contribution in [0.15, 0.2) is 59.4 Å². The molecule has 0 radical (unpaired) electrons. The number of aromatic nitrogens is 1. The van der Waals surface area contributed by atoms with Gasteiger partial charge in [-0.2, -0.15) is 0 Å². The standard InChI is InChI=1S/C23H26N4O3/c1-3-19(22-7-5-13-30-22)25-16-6-4-12-27(15-16)23(28)26-21-10-11-24-20-9-8-17(29-2)14-18(20)21/h3,5,7-11,13-14,16,25H,4,6,12,15H2,1-2H3,(H,24,26,28)/b19-3+. The van der Waals surface area contributed by atoms with Crippen molar-refractivity contribution in [1.82, 2.24) is 15.2 Å². The van der Waals surface area contributed by atoms with Crippen LogP contribution < -0.4 is 15.4 Å². The number of hydrogen-bond acceptors (Lipinski definition) is 5. The van der Waals surface area contributed by atoms with Gasteiger partial charge in [-0.3, -0.25) is 4.98 Å². The van der Waals surface area contributed by atoms with E-state index in [1.54, 1.807) is 19.6 Å². The molecule has 1 aromatic carbocycles. The van der Waals surface area contributed by atoms with Gasteiger partial charge < -0.3 is 24.7 Å². The van der Waals surface area contributed by atoms with Crippen LogP contribution >= 0.6 is 0 Å². The van der Waals surface area contributed by atoms with Gasteiger partial charge >= 0.3 is 6.03 Å². The molecule has 1 aliphatic heterocycles. The number of nitrogens with one attached hydrogen (secondary N) is 2. The van der Waals surface area contributed by atoms with Gasteiger partial charge in [0.25, 0.3) is 0 Å². The molecule has 1 atom stereocenters. The Labute approximate surface area is 175 Å². The first-order valence-electron chi connectivity index (χ1n) is 10.1. The smallest absolute Gasteiger partial charge is 0.321 e. The monoisotopic (exact) mass is 406 g/mol. The summed E-state index contributed by atoms with van der Waals surface area (Å²) < 4.78 is 10.8. The zero-order valence-corrected chi connectivity index (χ0v) is 17.2. The van der Waals surface area contributed by atoms with Crippen LogP contribution in [-0.4, -0.2) is 42.2 Å². The van der Waals surface area contributed by atoms with Crippen LogP contribution in [0.3, 0.4) is 0 Å². The van der Waals surface area contributed by atoms with E-state index in [1.807, 2.05) is 54.3 Å². The molecule has 0 saturated carbocycles. The molecule has 156 valence electrons. The number of urea groups is 1. The van der Waals surface area contributed by atoms with Crippen LogP contribution in [0.2, 0.25) is 0 Å². The second-order valence-electron chi connectivity index (χ2n) is 7.28. The molecule has 2 amide bonds. The minimum Gasteiger partial charge on any atom is -0.497 e. The number of carbonyl (C=O) groups is 1. The highest BCUT2D eigenvalue weighted by atomic mass is 16.5. The fraction of sp³-hybridized carbons (Fsp3) is 0.304. The number of benzene rings is 1. The van der Waals surface area contributed by atoms with Crippen molar-refractivity contribution in [3.63, 3.8) is 0 Å². The van der Waals surface area contributed by atoms with Crippen molar-refractivity contribution in [3.8, 4) is 5.75 Å². The van der Waals surface area contributed by atoms with E-state index >= 15 is 0 Å². The lowest BCUT2D eigenvalue weighted by Crippen LogP contribution is -2.48. The number of likely N-dealkylation sites (tertiary alicyclic amines) is 1. The summed E-state index contributed by atoms with van der Waals surface area (Å²) >= 11 is 0. The van der Waals surface area contributed by atoms with Crippen LogP contribution in [0.4, 0.5) is 10.5 Å². The highest BCUT2D eigenvalue weighted by molar-refractivity contribution is 6.00. The van der Waals surface area contributed by atoms with E-state index < -0.39 is 0 Å². The lowest BCUT2D eigenvalue weighted by Gasteiger charge is -2.34. The van der Waals surface area contributed by atoms with Gasteiger partial charge in [0, 0.05) is 30.7 Å². The van der Waals surface area contributed by atoms with Gasteiger partial charge in [-0.1, -0.05) is 6.08 Å². The normalized spacial score (nSPS) is 17.1. The number of amides is 2. The Morgan fingerprint density at radius 3 is 3.00 bits per heavy atom. The van der Waals surface area contributed by atoms with Crippen molar-refractivity contribution in [3.05, 3.63) is 60.7 Å². The summed E-state index contributed by atoms with van der Waals surface area (Å²) in [5.74, 6) is 1.53. The third kappa shape index (κ3) is 4.25. The number of anilines is 1. The molecule has 0 spiro atoms. The second kappa shape index (κ2) is 8.90. The Bertz CT molecular complexity index is 1050. The first-order chi connectivity index (χ1) is 14.7. The number of nitrogens with zero attached hydrogens (tertiary/aromatic N) is 2. The lowest BCUT2D eigenvalue weighted by molar-refractivity contribution is 0.189. The molecule has 2 N–H and O–H groups in total. The van der Waals surface area contributed by atoms with E-state index in [0.717, 1.165) is 53.2 Å². The van der Waals surface area contributed by atoms with Crippen LogP contribution in [0.25, 0.3) is 16.6 Å². The number of ether oxygens (including phenoxy) is 1. The number of rotatable bonds is 5. The second-order valence-corrected chi connectivity index (χ2v) is 7.28. The Hall–Kier alpha value is -3.48. The number of methoxy groups -OCH3 is 1. The van der Waals surface area contributed by atoms with Gasteiger partial charge in [-0.05, 0) is 56.2 Å². The van der Waals surface area contributed by atoms with Crippen LogP contribution in [0, 0.1) is 0 Å². The average molecular weight is 406 g/mol. The predicted octanol–water partition coefficient (Wildman–Crippen LogP) is 4.48. The number of allylic oxidation sites excluding steroid dienone is 1. The fourth-order valence-corrected chi connectivity index (χ4v) is 3.78. The summed E-state index contributed by atoms with van der Waals surface area (Å²) in [5.41, 5.74) is 2.48. The van der Waals surface area contributed by atoms with E-state index in [-0.39, 0.29) is 12.1 Å². The maximum absolute atomic E-state index is 13.0. The molecule has 2 aromatic heterocycles. The van der Waals surface area contributed by atoms with Gasteiger partial charge in [-0.25, -0.2) is 4.79 Å². The third-order valence-electron chi connectivity index (χ3n) is 5.33. The molecule has 7 nitrogen and oxygen atoms in total. The van der Waals surface area contributed by atoms with E-state index in [4.69, 9.17) is 9.15 Å². The molecule has 1 unspecified atom stereocenters. The Kier molecular flexibility index (Phi) is 5.88. The summed E-state index contributed by atoms with van der Waals surface area (Å²) in [6, 6.07) is 11.3. The van der Waals surface area contributed by atoms with Crippen LogP contribution in [0.5, 0.6) is 5.75 Å². The molecule has 1 fully saturated rings. The molecular formula is C23H26N4O3. The zero-order valence-electron chi connectivity index (χ0n) is 17.2. The highest BCUT2D eigenvalue weighted by Gasteiger charge is 2.25. The van der Waals surface area contributed by atoms with Crippen molar-refractivity contribution >= 4 is 28.3 Å². The van der Waals surface area contributed by atoms with Gasteiger partial charge in [0.2, 0.25) is 0 Å². The third-order valence-corrected chi connectivity index (χ3v) is 5.33. The molecule has 1 aliphatic rings. The summed E-state index contributed by atoms with van der Waals surface area (Å²) in [6.07, 6.45) is 7.29. The molecule has 7 heteroatoms. The summed E-state index contributed by atoms with van der Waals surface area (Å²) in [5, 5.41) is 7.43. The van der Waals surface area contributed by atoms with Crippen molar-refractivity contribution < 1.29 is 13.9 Å².